The predicted molar refractivity (Wildman–Crippen MR) is 255 cm³/mol. The predicted octanol–water partition coefficient (Wildman–Crippen LogP) is 9.54. The summed E-state index contributed by atoms with van der Waals surface area (Å²) in [5.41, 5.74) is 10.7. The first-order valence-electron chi connectivity index (χ1n) is 22.9. The van der Waals surface area contributed by atoms with Crippen LogP contribution in [0.3, 0.4) is 0 Å². The number of rotatable bonds is 19. The number of hydrogen-bond donors (Lipinski definition) is 0. The fraction of sp³-hybridized carbons (Fsp3) is 0.509. The van der Waals surface area contributed by atoms with Crippen LogP contribution < -0.4 is 25.7 Å². The van der Waals surface area contributed by atoms with E-state index >= 15 is 0 Å². The van der Waals surface area contributed by atoms with Crippen LogP contribution in [0.4, 0.5) is 0 Å². The van der Waals surface area contributed by atoms with Crippen molar-refractivity contribution in [1.29, 1.82) is 0 Å². The summed E-state index contributed by atoms with van der Waals surface area (Å²) in [5, 5.41) is 6.83. The summed E-state index contributed by atoms with van der Waals surface area (Å²) in [7, 11) is 1.29. The van der Waals surface area contributed by atoms with Crippen LogP contribution in [0.1, 0.15) is 167 Å². The molecule has 0 amide bonds. The Morgan fingerprint density at radius 2 is 1.59 bits per heavy atom. The van der Waals surface area contributed by atoms with Gasteiger partial charge in [-0.05, 0) is 88.7 Å². The van der Waals surface area contributed by atoms with Gasteiger partial charge in [-0.3, -0.25) is 14.4 Å². The quantitative estimate of drug-likeness (QED) is 0.0384. The SMILES string of the molecule is C=Cc1c2[n-]c(c1C)/C=C1\[N-]/C(=C3\c4[n-]c(c(C)c4C(=O)[C@@H]3C(=O)OC)/C=c3\[n-]/c(c(C)c3CC)=C\2)[C@@H](CCC(=O)OC/C=C(\C)CCC[C@H](C)CCC[C@H](C)CC[CH-]C)[C@@H]1C.[Mg+2]. The zero-order valence-corrected chi connectivity index (χ0v) is 41.0. The second-order valence-corrected chi connectivity index (χ2v) is 18.1. The minimum atomic E-state index is -1.22. The number of allylic oxidation sites excluding steroid dienone is 3. The van der Waals surface area contributed by atoms with Gasteiger partial charge in [-0.1, -0.05) is 124 Å². The molecule has 1 saturated heterocycles. The number of nitrogens with zero attached hydrogens (tertiary/aromatic N) is 4. The van der Waals surface area contributed by atoms with Gasteiger partial charge in [-0.15, -0.1) is 33.5 Å². The fourth-order valence-corrected chi connectivity index (χ4v) is 9.66. The summed E-state index contributed by atoms with van der Waals surface area (Å²) in [6, 6.07) is 0. The molecule has 1 fully saturated rings. The molecule has 1 aliphatic carbocycles. The molecule has 0 unspecified atom stereocenters. The Kier molecular flexibility index (Phi) is 17.4. The van der Waals surface area contributed by atoms with Crippen LogP contribution in [0.15, 0.2) is 29.6 Å². The maximum Gasteiger partial charge on any atom is 2.00 e. The summed E-state index contributed by atoms with van der Waals surface area (Å²) in [4.78, 5) is 56.5. The number of carbonyl (C=O) groups excluding carboxylic acids is 3. The Hall–Kier alpha value is -4.28. The molecule has 8 bridgehead atoms. The third-order valence-corrected chi connectivity index (χ3v) is 13.7. The number of fused-ring (bicyclic) bond motifs is 7. The molecule has 3 aromatic heterocycles. The topological polar surface area (TPSA) is 126 Å². The smallest absolute Gasteiger partial charge is 0.664 e. The number of unbranched alkanes of at least 4 members (excludes halogenated alkanes) is 1. The van der Waals surface area contributed by atoms with Crippen molar-refractivity contribution in [3.8, 4) is 0 Å². The molecule has 334 valence electrons. The van der Waals surface area contributed by atoms with E-state index in [0.717, 1.165) is 75.2 Å². The molecule has 0 radical (unpaired) electrons. The zero-order valence-electron chi connectivity index (χ0n) is 39.6. The van der Waals surface area contributed by atoms with Crippen molar-refractivity contribution in [1.82, 2.24) is 15.0 Å². The summed E-state index contributed by atoms with van der Waals surface area (Å²) in [5.74, 6) is -1.54. The molecule has 63 heavy (non-hydrogen) atoms. The van der Waals surface area contributed by atoms with E-state index < -0.39 is 11.9 Å². The monoisotopic (exact) mass is 863 g/mol. The number of esters is 2. The van der Waals surface area contributed by atoms with Crippen LogP contribution in [-0.2, 0) is 25.5 Å². The van der Waals surface area contributed by atoms with Crippen molar-refractivity contribution >= 4 is 70.7 Å². The normalized spacial score (nSPS) is 21.9. The summed E-state index contributed by atoms with van der Waals surface area (Å²) in [6.07, 6.45) is 23.0. The number of Topliss-reactive ketones (excluding diaryl/α,β-unsaturated/α-hetero) is 1. The second-order valence-electron chi connectivity index (χ2n) is 18.1. The van der Waals surface area contributed by atoms with Crippen LogP contribution in [0.25, 0.3) is 35.2 Å². The van der Waals surface area contributed by atoms with Gasteiger partial charge < -0.3 is 36.2 Å². The van der Waals surface area contributed by atoms with E-state index in [2.05, 4.69) is 61.5 Å². The molecule has 3 aliphatic rings. The van der Waals surface area contributed by atoms with Crippen LogP contribution >= 0.6 is 0 Å². The minimum absolute atomic E-state index is 0. The van der Waals surface area contributed by atoms with Gasteiger partial charge in [0.25, 0.3) is 0 Å². The Bertz CT molecular complexity index is 2400. The molecule has 0 saturated carbocycles. The van der Waals surface area contributed by atoms with Gasteiger partial charge in [0, 0.05) is 12.0 Å². The molecule has 2 aliphatic heterocycles. The van der Waals surface area contributed by atoms with Crippen molar-refractivity contribution in [3.05, 3.63) is 108 Å². The van der Waals surface area contributed by atoms with Crippen LogP contribution in [-0.4, -0.2) is 54.5 Å². The Labute approximate surface area is 392 Å². The van der Waals surface area contributed by atoms with E-state index in [0.29, 0.717) is 46.1 Å². The molecule has 5 atom stereocenters. The molecular weight excluding hydrogens is 797 g/mol. The first kappa shape index (κ1) is 49.7. The Balaban J connectivity index is 0.00000748. The first-order valence-corrected chi connectivity index (χ1v) is 22.9. The summed E-state index contributed by atoms with van der Waals surface area (Å²) < 4.78 is 11.0. The molecule has 3 aromatic rings. The van der Waals surface area contributed by atoms with Gasteiger partial charge in [0.1, 0.15) is 12.5 Å². The van der Waals surface area contributed by atoms with Crippen molar-refractivity contribution in [2.24, 2.45) is 29.6 Å². The van der Waals surface area contributed by atoms with Gasteiger partial charge in [-0.25, -0.2) is 0 Å². The third-order valence-electron chi connectivity index (χ3n) is 13.7. The Morgan fingerprint density at radius 3 is 2.27 bits per heavy atom. The molecular formula is C53H67MgN4O5-3. The molecule has 5 heterocycles. The van der Waals surface area contributed by atoms with E-state index in [4.69, 9.17) is 29.7 Å². The average molecular weight is 864 g/mol. The molecule has 0 aromatic carbocycles. The van der Waals surface area contributed by atoms with Crippen molar-refractivity contribution < 1.29 is 23.9 Å². The van der Waals surface area contributed by atoms with Crippen LogP contribution in [0, 0.1) is 56.8 Å². The molecule has 10 heteroatoms. The number of methoxy groups -OCH3 is 1. The molecule has 0 N–H and O–H groups in total. The molecule has 6 rings (SSSR count). The molecule has 9 nitrogen and oxygen atoms in total. The number of ketones is 1. The van der Waals surface area contributed by atoms with E-state index in [1.165, 1.54) is 51.2 Å². The standard InChI is InChI=1S/C53H68N4O5.Mg/c1-12-15-18-30(4)19-16-20-31(5)21-17-22-32(6)25-26-62-46(58)24-23-39-35(9)42-27-40-33(7)37(13-2)44(54-40)28-41-34(8)38(14-3)45(55-41)29-43-36(10)47-51(57-43)48(50(39)56-42)49(52(47)59)53(60)61-11;/h12-13,25,27-31,35,39,49H,2,14-24,26H2,1,3-11H3,(H-,56,57,59);/q-4;+2/p-1/b32-25+,41-28-,42-27-,45-29-;/t30-,31-,35+,39+,49-;/m1./s1. The summed E-state index contributed by atoms with van der Waals surface area (Å²) in [6.45, 7) is 23.5. The Morgan fingerprint density at radius 1 is 0.905 bits per heavy atom. The van der Waals surface area contributed by atoms with Gasteiger partial charge in [0.2, 0.25) is 0 Å². The number of carbonyl (C=O) groups is 3. The summed E-state index contributed by atoms with van der Waals surface area (Å²) >= 11 is 0. The van der Waals surface area contributed by atoms with Crippen molar-refractivity contribution in [2.75, 3.05) is 13.7 Å². The van der Waals surface area contributed by atoms with E-state index in [1.54, 1.807) is 0 Å². The van der Waals surface area contributed by atoms with Crippen molar-refractivity contribution in [3.63, 3.8) is 0 Å². The van der Waals surface area contributed by atoms with E-state index in [1.807, 2.05) is 44.2 Å². The average Bonchev–Trinajstić information content (AvgIpc) is 3.99. The largest absolute Gasteiger partial charge is 2.00 e. The van der Waals surface area contributed by atoms with E-state index in [-0.39, 0.29) is 59.7 Å². The molecule has 0 spiro atoms. The number of ether oxygens (including phenoxy) is 2. The van der Waals surface area contributed by atoms with Crippen LogP contribution in [0.5, 0.6) is 0 Å². The van der Waals surface area contributed by atoms with Crippen LogP contribution in [0.2, 0.25) is 0 Å². The maximum absolute atomic E-state index is 14.3. The zero-order chi connectivity index (χ0) is 44.8. The minimum Gasteiger partial charge on any atom is -0.664 e. The van der Waals surface area contributed by atoms with E-state index in [9.17, 15) is 14.4 Å². The first-order chi connectivity index (χ1) is 29.7. The third kappa shape index (κ3) is 10.8. The van der Waals surface area contributed by atoms with Gasteiger partial charge in [-0.2, -0.15) is 24.7 Å². The fourth-order valence-electron chi connectivity index (χ4n) is 9.66. The number of hydrogen-bond acceptors (Lipinski definition) is 5. The second kappa shape index (κ2) is 22.1. The van der Waals surface area contributed by atoms with Gasteiger partial charge in [0.05, 0.1) is 7.11 Å². The van der Waals surface area contributed by atoms with Gasteiger partial charge in [0.15, 0.2) is 5.78 Å². The van der Waals surface area contributed by atoms with Gasteiger partial charge >= 0.3 is 35.0 Å². The van der Waals surface area contributed by atoms with Crippen molar-refractivity contribution in [2.45, 2.75) is 133 Å². The maximum atomic E-state index is 14.3. The number of aromatic nitrogens is 3.